The molecule has 164 valence electrons. The Labute approximate surface area is 178 Å². The molecule has 0 atom stereocenters. The van der Waals surface area contributed by atoms with Crippen molar-refractivity contribution in [3.05, 3.63) is 83.8 Å². The van der Waals surface area contributed by atoms with E-state index in [4.69, 9.17) is 8.60 Å². The second-order valence-electron chi connectivity index (χ2n) is 6.57. The topological polar surface area (TPSA) is 88.9 Å². The molecule has 0 aliphatic rings. The molecular weight excluding hydrogens is 430 g/mol. The second-order valence-corrected chi connectivity index (χ2v) is 8.43. The van der Waals surface area contributed by atoms with E-state index in [1.54, 1.807) is 24.3 Å². The van der Waals surface area contributed by atoms with Crippen LogP contribution in [0.3, 0.4) is 0 Å². The standard InChI is InChI=1S/C21H20F2N2O5S/c1-2-31(27,28)30-17-6-3-5-15(11-17)13-25(14-18-7-4-10-29-18)21(26)24-20-9-8-16(22)12-19(20)23/h3-12H,2,13-14H2,1H3,(H,24,26). The first kappa shape index (κ1) is 22.3. The number of benzene rings is 2. The van der Waals surface area contributed by atoms with Crippen molar-refractivity contribution in [2.75, 3.05) is 11.1 Å². The van der Waals surface area contributed by atoms with Crippen LogP contribution in [-0.4, -0.2) is 25.1 Å². The number of hydrogen-bond acceptors (Lipinski definition) is 5. The van der Waals surface area contributed by atoms with Gasteiger partial charge >= 0.3 is 16.1 Å². The molecule has 0 saturated carbocycles. The highest BCUT2D eigenvalue weighted by molar-refractivity contribution is 7.87. The summed E-state index contributed by atoms with van der Waals surface area (Å²) in [7, 11) is -3.70. The number of rotatable bonds is 8. The minimum Gasteiger partial charge on any atom is -0.467 e. The Bertz CT molecular complexity index is 1150. The Balaban J connectivity index is 1.81. The lowest BCUT2D eigenvalue weighted by atomic mass is 10.2. The molecule has 0 aliphatic heterocycles. The Morgan fingerprint density at radius 3 is 2.58 bits per heavy atom. The van der Waals surface area contributed by atoms with Gasteiger partial charge in [0, 0.05) is 12.6 Å². The molecule has 1 aromatic heterocycles. The maximum atomic E-state index is 14.0. The molecule has 2 aromatic carbocycles. The number of nitrogens with one attached hydrogen (secondary N) is 1. The van der Waals surface area contributed by atoms with Crippen molar-refractivity contribution in [1.82, 2.24) is 4.90 Å². The molecule has 1 N–H and O–H groups in total. The predicted octanol–water partition coefficient (Wildman–Crippen LogP) is 4.52. The number of nitrogens with zero attached hydrogens (tertiary/aromatic N) is 1. The number of anilines is 1. The quantitative estimate of drug-likeness (QED) is 0.510. The predicted molar refractivity (Wildman–Crippen MR) is 110 cm³/mol. The van der Waals surface area contributed by atoms with Crippen LogP contribution in [0, 0.1) is 11.6 Å². The summed E-state index contributed by atoms with van der Waals surface area (Å²) >= 11 is 0. The Morgan fingerprint density at radius 2 is 1.90 bits per heavy atom. The number of carbonyl (C=O) groups excluding carboxylic acids is 1. The van der Waals surface area contributed by atoms with Crippen molar-refractivity contribution in [2.24, 2.45) is 0 Å². The van der Waals surface area contributed by atoms with Crippen LogP contribution in [0.2, 0.25) is 0 Å². The summed E-state index contributed by atoms with van der Waals surface area (Å²) in [6.07, 6.45) is 1.45. The smallest absolute Gasteiger partial charge is 0.322 e. The van der Waals surface area contributed by atoms with Gasteiger partial charge in [-0.15, -0.1) is 0 Å². The maximum absolute atomic E-state index is 14.0. The monoisotopic (exact) mass is 450 g/mol. The van der Waals surface area contributed by atoms with Gasteiger partial charge in [-0.3, -0.25) is 0 Å². The summed E-state index contributed by atoms with van der Waals surface area (Å²) < 4.78 is 60.8. The van der Waals surface area contributed by atoms with Gasteiger partial charge in [-0.05, 0) is 48.9 Å². The van der Waals surface area contributed by atoms with Gasteiger partial charge in [-0.2, -0.15) is 8.42 Å². The Kier molecular flexibility index (Phi) is 6.91. The van der Waals surface area contributed by atoms with E-state index in [0.29, 0.717) is 17.4 Å². The third-order valence-corrected chi connectivity index (χ3v) is 5.39. The van der Waals surface area contributed by atoms with Crippen LogP contribution in [0.25, 0.3) is 0 Å². The lowest BCUT2D eigenvalue weighted by molar-refractivity contribution is 0.201. The van der Waals surface area contributed by atoms with Gasteiger partial charge in [0.2, 0.25) is 0 Å². The molecule has 3 rings (SSSR count). The summed E-state index contributed by atoms with van der Waals surface area (Å²) in [6.45, 7) is 1.56. The molecule has 7 nitrogen and oxygen atoms in total. The van der Waals surface area contributed by atoms with Crippen LogP contribution in [0.1, 0.15) is 18.2 Å². The molecule has 1 heterocycles. The highest BCUT2D eigenvalue weighted by Gasteiger charge is 2.19. The van der Waals surface area contributed by atoms with E-state index >= 15 is 0 Å². The molecule has 0 radical (unpaired) electrons. The molecule has 31 heavy (non-hydrogen) atoms. The third-order valence-electron chi connectivity index (χ3n) is 4.24. The fourth-order valence-corrected chi connectivity index (χ4v) is 3.21. The first-order valence-corrected chi connectivity index (χ1v) is 10.9. The Hall–Kier alpha value is -3.40. The van der Waals surface area contributed by atoms with Gasteiger partial charge in [0.05, 0.1) is 24.2 Å². The number of hydrogen-bond donors (Lipinski definition) is 1. The van der Waals surface area contributed by atoms with Crippen molar-refractivity contribution in [3.63, 3.8) is 0 Å². The van der Waals surface area contributed by atoms with E-state index in [1.807, 2.05) is 0 Å². The van der Waals surface area contributed by atoms with E-state index in [2.05, 4.69) is 5.32 Å². The Morgan fingerprint density at radius 1 is 1.10 bits per heavy atom. The summed E-state index contributed by atoms with van der Waals surface area (Å²) in [5.41, 5.74) is 0.395. The number of furan rings is 1. The second kappa shape index (κ2) is 9.61. The van der Waals surface area contributed by atoms with Crippen molar-refractivity contribution >= 4 is 21.8 Å². The largest absolute Gasteiger partial charge is 0.467 e. The molecule has 0 saturated heterocycles. The van der Waals surface area contributed by atoms with Gasteiger partial charge < -0.3 is 18.8 Å². The zero-order valence-corrected chi connectivity index (χ0v) is 17.4. The minimum atomic E-state index is -3.70. The molecule has 0 unspecified atom stereocenters. The minimum absolute atomic E-state index is 0.0404. The lowest BCUT2D eigenvalue weighted by Crippen LogP contribution is -2.34. The van der Waals surface area contributed by atoms with Crippen molar-refractivity contribution < 1.29 is 30.6 Å². The molecule has 3 aromatic rings. The van der Waals surface area contributed by atoms with Crippen molar-refractivity contribution in [2.45, 2.75) is 20.0 Å². The van der Waals surface area contributed by atoms with Gasteiger partial charge in [0.25, 0.3) is 0 Å². The molecule has 0 spiro atoms. The van der Waals surface area contributed by atoms with E-state index in [0.717, 1.165) is 12.1 Å². The molecule has 0 fully saturated rings. The van der Waals surface area contributed by atoms with E-state index in [9.17, 15) is 22.0 Å². The molecule has 2 amide bonds. The van der Waals surface area contributed by atoms with Crippen LogP contribution in [-0.2, 0) is 23.2 Å². The normalized spacial score (nSPS) is 11.2. The maximum Gasteiger partial charge on any atom is 0.322 e. The van der Waals surface area contributed by atoms with Gasteiger partial charge in [-0.1, -0.05) is 12.1 Å². The molecular formula is C21H20F2N2O5S. The SMILES string of the molecule is CCS(=O)(=O)Oc1cccc(CN(Cc2ccco2)C(=O)Nc2ccc(F)cc2F)c1. The van der Waals surface area contributed by atoms with Crippen molar-refractivity contribution in [1.29, 1.82) is 0 Å². The zero-order valence-electron chi connectivity index (χ0n) is 16.5. The fraction of sp³-hybridized carbons (Fsp3) is 0.190. The van der Waals surface area contributed by atoms with Crippen LogP contribution in [0.4, 0.5) is 19.3 Å². The van der Waals surface area contributed by atoms with Gasteiger partial charge in [0.15, 0.2) is 0 Å². The highest BCUT2D eigenvalue weighted by Crippen LogP contribution is 2.20. The van der Waals surface area contributed by atoms with Crippen LogP contribution < -0.4 is 9.50 Å². The van der Waals surface area contributed by atoms with Crippen LogP contribution in [0.5, 0.6) is 5.75 Å². The summed E-state index contributed by atoms with van der Waals surface area (Å²) in [6, 6.07) is 11.8. The summed E-state index contributed by atoms with van der Waals surface area (Å²) in [5.74, 6) is -1.26. The van der Waals surface area contributed by atoms with Crippen molar-refractivity contribution in [3.8, 4) is 5.75 Å². The number of halogens is 2. The van der Waals surface area contributed by atoms with Gasteiger partial charge in [0.1, 0.15) is 23.1 Å². The van der Waals surface area contributed by atoms with Crippen LogP contribution >= 0.6 is 0 Å². The number of carbonyl (C=O) groups is 1. The first-order valence-electron chi connectivity index (χ1n) is 9.30. The highest BCUT2D eigenvalue weighted by atomic mass is 32.2. The van der Waals surface area contributed by atoms with Crippen LogP contribution in [0.15, 0.2) is 65.3 Å². The van der Waals surface area contributed by atoms with Gasteiger partial charge in [-0.25, -0.2) is 13.6 Å². The summed E-state index contributed by atoms with van der Waals surface area (Å²) in [4.78, 5) is 14.2. The molecule has 0 bridgehead atoms. The van der Waals surface area contributed by atoms with E-state index in [1.165, 1.54) is 30.2 Å². The zero-order chi connectivity index (χ0) is 22.4. The number of urea groups is 1. The van der Waals surface area contributed by atoms with E-state index in [-0.39, 0.29) is 30.3 Å². The third kappa shape index (κ3) is 6.29. The fourth-order valence-electron chi connectivity index (χ4n) is 2.70. The number of amides is 2. The molecule has 0 aliphatic carbocycles. The lowest BCUT2D eigenvalue weighted by Gasteiger charge is -2.23. The van der Waals surface area contributed by atoms with E-state index < -0.39 is 27.8 Å². The summed E-state index contributed by atoms with van der Waals surface area (Å²) in [5, 5.41) is 2.41. The average molecular weight is 450 g/mol. The average Bonchev–Trinajstić information content (AvgIpc) is 3.23. The molecule has 10 heteroatoms. The first-order chi connectivity index (χ1) is 14.8.